The number of ether oxygens (including phenoxy) is 1. The molecule has 0 aliphatic heterocycles. The van der Waals surface area contributed by atoms with Crippen LogP contribution in [0.2, 0.25) is 0 Å². The van der Waals surface area contributed by atoms with Crippen LogP contribution in [-0.2, 0) is 22.8 Å². The van der Waals surface area contributed by atoms with Gasteiger partial charge >= 0.3 is 14.8 Å². The van der Waals surface area contributed by atoms with Crippen molar-refractivity contribution in [3.63, 3.8) is 0 Å². The van der Waals surface area contributed by atoms with Gasteiger partial charge in [0.15, 0.2) is 0 Å². The molecular formula is C20H32O5Si. The van der Waals surface area contributed by atoms with Crippen LogP contribution >= 0.6 is 0 Å². The molecule has 26 heavy (non-hydrogen) atoms. The largest absolute Gasteiger partial charge is 0.528 e. The molecule has 0 heterocycles. The maximum atomic E-state index is 9.75. The van der Waals surface area contributed by atoms with Gasteiger partial charge in [-0.05, 0) is 32.0 Å². The van der Waals surface area contributed by atoms with Gasteiger partial charge in [-0.2, -0.15) is 0 Å². The van der Waals surface area contributed by atoms with Crippen molar-refractivity contribution in [3.8, 4) is 0 Å². The van der Waals surface area contributed by atoms with E-state index in [0.29, 0.717) is 19.8 Å². The third kappa shape index (κ3) is 14.4. The highest BCUT2D eigenvalue weighted by molar-refractivity contribution is 6.66. The Bertz CT molecular complexity index is 485. The number of rotatable bonds is 9. The Hall–Kier alpha value is -1.99. The molecule has 0 N–H and O–H groups in total. The summed E-state index contributed by atoms with van der Waals surface area (Å²) in [5.41, 5.74) is 2.84. The van der Waals surface area contributed by atoms with E-state index in [9.17, 15) is 4.79 Å². The Labute approximate surface area is 159 Å². The van der Waals surface area contributed by atoms with Crippen LogP contribution in [0.15, 0.2) is 62.0 Å². The normalized spacial score (nSPS) is 9.54. The lowest BCUT2D eigenvalue weighted by Gasteiger charge is -2.24. The molecule has 0 aliphatic carbocycles. The molecule has 5 nitrogen and oxygen atoms in total. The van der Waals surface area contributed by atoms with Crippen LogP contribution in [0.3, 0.4) is 0 Å². The first-order valence-corrected chi connectivity index (χ1v) is 10.3. The highest BCUT2D eigenvalue weighted by Crippen LogP contribution is 2.10. The molecule has 0 radical (unpaired) electrons. The predicted octanol–water partition coefficient (Wildman–Crippen LogP) is 4.78. The first-order valence-electron chi connectivity index (χ1n) is 8.46. The number of esters is 1. The van der Waals surface area contributed by atoms with Crippen molar-refractivity contribution in [1.82, 2.24) is 0 Å². The molecule has 0 aliphatic rings. The van der Waals surface area contributed by atoms with Gasteiger partial charge in [-0.1, -0.05) is 56.1 Å². The van der Waals surface area contributed by atoms with Gasteiger partial charge in [0.05, 0.1) is 6.26 Å². The Morgan fingerprint density at radius 3 is 1.62 bits per heavy atom. The molecule has 1 rings (SSSR count). The predicted molar refractivity (Wildman–Crippen MR) is 109 cm³/mol. The van der Waals surface area contributed by atoms with E-state index in [1.807, 2.05) is 57.2 Å². The van der Waals surface area contributed by atoms with Gasteiger partial charge in [-0.25, -0.2) is 0 Å². The molecule has 0 fully saturated rings. The number of carbonyl (C=O) groups is 1. The van der Waals surface area contributed by atoms with Crippen LogP contribution in [0.5, 0.6) is 0 Å². The summed E-state index contributed by atoms with van der Waals surface area (Å²) in [7, 11) is -2.51. The fourth-order valence-electron chi connectivity index (χ4n) is 1.61. The van der Waals surface area contributed by atoms with Crippen molar-refractivity contribution >= 4 is 20.8 Å². The Morgan fingerprint density at radius 1 is 0.962 bits per heavy atom. The lowest BCUT2D eigenvalue weighted by molar-refractivity contribution is -0.135. The average Bonchev–Trinajstić information content (AvgIpc) is 2.64. The van der Waals surface area contributed by atoms with Crippen molar-refractivity contribution in [2.75, 3.05) is 19.8 Å². The summed E-state index contributed by atoms with van der Waals surface area (Å²) < 4.78 is 20.5. The molecule has 146 valence electrons. The van der Waals surface area contributed by atoms with Gasteiger partial charge in [-0.15, -0.1) is 0 Å². The van der Waals surface area contributed by atoms with E-state index in [1.165, 1.54) is 12.5 Å². The number of hydrogen-bond acceptors (Lipinski definition) is 5. The molecule has 6 heteroatoms. The monoisotopic (exact) mass is 380 g/mol. The molecule has 0 unspecified atom stereocenters. The number of benzene rings is 1. The fourth-order valence-corrected chi connectivity index (χ4v) is 3.42. The lowest BCUT2D eigenvalue weighted by atomic mass is 10.2. The van der Waals surface area contributed by atoms with E-state index in [-0.39, 0.29) is 5.97 Å². The molecular weight excluding hydrogens is 348 g/mol. The van der Waals surface area contributed by atoms with Crippen LogP contribution in [0, 0.1) is 0 Å². The first-order chi connectivity index (χ1) is 12.4. The zero-order valence-electron chi connectivity index (χ0n) is 16.4. The second kappa shape index (κ2) is 17.8. The van der Waals surface area contributed by atoms with Gasteiger partial charge in [0.25, 0.3) is 0 Å². The van der Waals surface area contributed by atoms with E-state index in [4.69, 9.17) is 13.3 Å². The smallest absolute Gasteiger partial charge is 0.435 e. The van der Waals surface area contributed by atoms with Crippen molar-refractivity contribution in [2.45, 2.75) is 27.7 Å². The van der Waals surface area contributed by atoms with Gasteiger partial charge in [0, 0.05) is 26.7 Å². The molecule has 0 bridgehead atoms. The molecule has 0 spiro atoms. The minimum Gasteiger partial charge on any atom is -0.435 e. The molecule has 0 amide bonds. The highest BCUT2D eigenvalue weighted by Gasteiger charge is 2.36. The second-order valence-corrected chi connectivity index (χ2v) is 6.98. The van der Waals surface area contributed by atoms with E-state index in [1.54, 1.807) is 5.70 Å². The summed E-state index contributed by atoms with van der Waals surface area (Å²) in [6.45, 7) is 19.3. The second-order valence-electron chi connectivity index (χ2n) is 4.50. The minimum atomic E-state index is -2.51. The van der Waals surface area contributed by atoms with Crippen molar-refractivity contribution in [3.05, 3.63) is 67.6 Å². The lowest BCUT2D eigenvalue weighted by Crippen LogP contribution is -2.44. The molecule has 0 saturated carbocycles. The summed E-state index contributed by atoms with van der Waals surface area (Å²) in [6, 6.07) is 10.0. The third-order valence-corrected chi connectivity index (χ3v) is 5.14. The zero-order chi connectivity index (χ0) is 20.3. The van der Waals surface area contributed by atoms with Crippen LogP contribution in [0.4, 0.5) is 0 Å². The van der Waals surface area contributed by atoms with Crippen molar-refractivity contribution in [1.29, 1.82) is 0 Å². The Kier molecular flexibility index (Phi) is 18.0. The van der Waals surface area contributed by atoms with Crippen LogP contribution < -0.4 is 0 Å². The summed E-state index contributed by atoms with van der Waals surface area (Å²) in [5.74, 6) is -0.329. The zero-order valence-corrected chi connectivity index (χ0v) is 17.4. The summed E-state index contributed by atoms with van der Waals surface area (Å²) in [5, 5.41) is 0. The molecule has 1 aromatic rings. The number of hydrogen-bond donors (Lipinski definition) is 0. The topological polar surface area (TPSA) is 54.0 Å². The summed E-state index contributed by atoms with van der Waals surface area (Å²) in [6.07, 6.45) is 2.93. The van der Waals surface area contributed by atoms with Gasteiger partial charge in [0.2, 0.25) is 0 Å². The van der Waals surface area contributed by atoms with Crippen molar-refractivity contribution in [2.24, 2.45) is 0 Å². The van der Waals surface area contributed by atoms with Gasteiger partial charge in [0.1, 0.15) is 0 Å². The van der Waals surface area contributed by atoms with Gasteiger partial charge < -0.3 is 18.0 Å². The van der Waals surface area contributed by atoms with Crippen LogP contribution in [0.25, 0.3) is 6.08 Å². The minimum absolute atomic E-state index is 0.329. The molecule has 0 saturated heterocycles. The number of carbonyl (C=O) groups excluding carboxylic acids is 1. The first kappa shape index (κ1) is 26.2. The van der Waals surface area contributed by atoms with E-state index < -0.39 is 8.80 Å². The third-order valence-electron chi connectivity index (χ3n) is 2.57. The van der Waals surface area contributed by atoms with Crippen molar-refractivity contribution < 1.29 is 22.8 Å². The van der Waals surface area contributed by atoms with E-state index in [2.05, 4.69) is 24.5 Å². The quantitative estimate of drug-likeness (QED) is 0.350. The van der Waals surface area contributed by atoms with E-state index >= 15 is 0 Å². The molecule has 1 aromatic carbocycles. The maximum absolute atomic E-state index is 9.75. The summed E-state index contributed by atoms with van der Waals surface area (Å²) >= 11 is 0. The van der Waals surface area contributed by atoms with Crippen LogP contribution in [-0.4, -0.2) is 34.6 Å². The maximum Gasteiger partial charge on any atom is 0.528 e. The molecule has 0 aromatic heterocycles. The summed E-state index contributed by atoms with van der Waals surface area (Å²) in [4.78, 5) is 9.75. The SMILES string of the molecule is C=COC(C)=O.C=C[Si](OCC)(OCC)OCC.C=Cc1ccccc1. The highest BCUT2D eigenvalue weighted by atomic mass is 28.4. The van der Waals surface area contributed by atoms with Crippen LogP contribution in [0.1, 0.15) is 33.3 Å². The Balaban J connectivity index is 0. The van der Waals surface area contributed by atoms with Gasteiger partial charge in [-0.3, -0.25) is 4.79 Å². The average molecular weight is 381 g/mol. The van der Waals surface area contributed by atoms with E-state index in [0.717, 1.165) is 6.26 Å². The molecule has 0 atom stereocenters. The standard InChI is InChI=1S/C8H18O3Si.C8H8.C4H6O2/c1-5-9-12(8-4,10-6-2)11-7-3;1-2-8-6-4-3-5-7-8;1-3-6-4(2)5/h8H,4-7H2,1-3H3;2-7H,1H2;3H,1H2,2H3. The Morgan fingerprint density at radius 2 is 1.42 bits per heavy atom. The fraction of sp³-hybridized carbons (Fsp3) is 0.350.